The third kappa shape index (κ3) is 3.26. The highest BCUT2D eigenvalue weighted by molar-refractivity contribution is 9.11. The van der Waals surface area contributed by atoms with E-state index in [4.69, 9.17) is 0 Å². The molecule has 0 aromatic carbocycles. The lowest BCUT2D eigenvalue weighted by Crippen LogP contribution is -2.51. The highest BCUT2D eigenvalue weighted by Crippen LogP contribution is 2.34. The maximum absolute atomic E-state index is 12.7. The van der Waals surface area contributed by atoms with Crippen molar-refractivity contribution in [2.24, 2.45) is 0 Å². The van der Waals surface area contributed by atoms with Crippen LogP contribution in [0.15, 0.2) is 14.7 Å². The lowest BCUT2D eigenvalue weighted by Gasteiger charge is -2.36. The number of piperazine rings is 1. The summed E-state index contributed by atoms with van der Waals surface area (Å²) in [5.41, 5.74) is 0. The minimum atomic E-state index is -3.40. The quantitative estimate of drug-likeness (QED) is 0.859. The Kier molecular flexibility index (Phi) is 5.25. The number of hydrogen-bond donors (Lipinski definition) is 1. The van der Waals surface area contributed by atoms with Crippen molar-refractivity contribution in [3.8, 4) is 0 Å². The number of nitrogens with zero attached hydrogens (tertiary/aromatic N) is 2. The first-order chi connectivity index (χ1) is 9.36. The van der Waals surface area contributed by atoms with E-state index >= 15 is 0 Å². The molecule has 5 nitrogen and oxygen atoms in total. The summed E-state index contributed by atoms with van der Waals surface area (Å²) in [5.74, 6) is 0. The molecule has 1 N–H and O–H groups in total. The summed E-state index contributed by atoms with van der Waals surface area (Å²) in [7, 11) is 0.475. The number of sulfonamides is 1. The average molecular weight is 382 g/mol. The lowest BCUT2D eigenvalue weighted by molar-refractivity contribution is 0.159. The van der Waals surface area contributed by atoms with Crippen LogP contribution in [-0.2, 0) is 16.6 Å². The number of rotatable bonds is 4. The Balaban J connectivity index is 2.26. The van der Waals surface area contributed by atoms with Crippen LogP contribution in [0.4, 0.5) is 0 Å². The fraction of sp³-hybridized carbons (Fsp3) is 0.667. The van der Waals surface area contributed by atoms with E-state index in [2.05, 4.69) is 33.1 Å². The van der Waals surface area contributed by atoms with Crippen LogP contribution < -0.4 is 5.32 Å². The molecule has 0 bridgehead atoms. The summed E-state index contributed by atoms with van der Waals surface area (Å²) >= 11 is 4.86. The highest BCUT2D eigenvalue weighted by Gasteiger charge is 2.33. The van der Waals surface area contributed by atoms with Gasteiger partial charge in [0.2, 0.25) is 10.0 Å². The van der Waals surface area contributed by atoms with Gasteiger partial charge in [-0.2, -0.15) is 4.31 Å². The SMILES string of the molecule is CNCc1cc(S(=O)(=O)N2CCN(C)C(C)C2)c(Br)s1. The molecule has 1 aliphatic rings. The van der Waals surface area contributed by atoms with Crippen molar-refractivity contribution in [2.45, 2.75) is 24.4 Å². The van der Waals surface area contributed by atoms with Gasteiger partial charge in [0.05, 0.1) is 3.79 Å². The molecule has 1 aliphatic heterocycles. The molecule has 8 heteroatoms. The Morgan fingerprint density at radius 3 is 2.80 bits per heavy atom. The monoisotopic (exact) mass is 381 g/mol. The van der Waals surface area contributed by atoms with Crippen LogP contribution in [0.25, 0.3) is 0 Å². The van der Waals surface area contributed by atoms with Crippen LogP contribution in [0, 0.1) is 0 Å². The fourth-order valence-electron chi connectivity index (χ4n) is 2.21. The van der Waals surface area contributed by atoms with Gasteiger partial charge >= 0.3 is 0 Å². The number of thiophene rings is 1. The Morgan fingerprint density at radius 1 is 1.50 bits per heavy atom. The first kappa shape index (κ1) is 16.4. The third-order valence-electron chi connectivity index (χ3n) is 3.60. The summed E-state index contributed by atoms with van der Waals surface area (Å²) in [4.78, 5) is 3.59. The van der Waals surface area contributed by atoms with Gasteiger partial charge in [-0.15, -0.1) is 11.3 Å². The number of hydrogen-bond acceptors (Lipinski definition) is 5. The van der Waals surface area contributed by atoms with Gasteiger partial charge in [0.25, 0.3) is 0 Å². The predicted octanol–water partition coefficient (Wildman–Crippen LogP) is 1.55. The Morgan fingerprint density at radius 2 is 2.20 bits per heavy atom. The molecular formula is C12H20BrN3O2S2. The van der Waals surface area contributed by atoms with E-state index in [-0.39, 0.29) is 6.04 Å². The van der Waals surface area contributed by atoms with Crippen molar-refractivity contribution < 1.29 is 8.42 Å². The van der Waals surface area contributed by atoms with Crippen molar-refractivity contribution in [3.05, 3.63) is 14.7 Å². The van der Waals surface area contributed by atoms with Crippen molar-refractivity contribution in [1.82, 2.24) is 14.5 Å². The van der Waals surface area contributed by atoms with Crippen LogP contribution in [0.5, 0.6) is 0 Å². The fourth-order valence-corrected chi connectivity index (χ4v) is 6.36. The molecule has 0 radical (unpaired) electrons. The number of halogens is 1. The van der Waals surface area contributed by atoms with E-state index in [9.17, 15) is 8.42 Å². The van der Waals surface area contributed by atoms with Crippen molar-refractivity contribution in [3.63, 3.8) is 0 Å². The Bertz CT molecular complexity index is 573. The van der Waals surface area contributed by atoms with Crippen LogP contribution in [0.2, 0.25) is 0 Å². The van der Waals surface area contributed by atoms with E-state index in [1.807, 2.05) is 14.1 Å². The summed E-state index contributed by atoms with van der Waals surface area (Å²) in [6, 6.07) is 2.01. The first-order valence-electron chi connectivity index (χ1n) is 6.49. The molecule has 1 aromatic heterocycles. The maximum Gasteiger partial charge on any atom is 0.245 e. The minimum Gasteiger partial charge on any atom is -0.315 e. The smallest absolute Gasteiger partial charge is 0.245 e. The van der Waals surface area contributed by atoms with E-state index < -0.39 is 10.0 Å². The summed E-state index contributed by atoms with van der Waals surface area (Å²) < 4.78 is 27.8. The predicted molar refractivity (Wildman–Crippen MR) is 85.6 cm³/mol. The second-order valence-electron chi connectivity index (χ2n) is 5.07. The number of likely N-dealkylation sites (N-methyl/N-ethyl adjacent to an activating group) is 1. The van der Waals surface area contributed by atoms with Crippen molar-refractivity contribution in [2.75, 3.05) is 33.7 Å². The van der Waals surface area contributed by atoms with Crippen molar-refractivity contribution in [1.29, 1.82) is 0 Å². The van der Waals surface area contributed by atoms with Crippen LogP contribution >= 0.6 is 27.3 Å². The molecule has 1 saturated heterocycles. The lowest BCUT2D eigenvalue weighted by atomic mass is 10.2. The van der Waals surface area contributed by atoms with Crippen LogP contribution in [0.3, 0.4) is 0 Å². The topological polar surface area (TPSA) is 52.7 Å². The molecule has 114 valence electrons. The number of nitrogens with one attached hydrogen (secondary N) is 1. The zero-order valence-electron chi connectivity index (χ0n) is 11.9. The first-order valence-corrected chi connectivity index (χ1v) is 9.54. The zero-order valence-corrected chi connectivity index (χ0v) is 15.1. The molecule has 1 unspecified atom stereocenters. The molecule has 2 rings (SSSR count). The second-order valence-corrected chi connectivity index (χ2v) is 9.43. The van der Waals surface area contributed by atoms with Gasteiger partial charge in [0.1, 0.15) is 4.90 Å². The Labute approximate surface area is 133 Å². The molecule has 1 aromatic rings. The van der Waals surface area contributed by atoms with E-state index in [1.54, 1.807) is 10.4 Å². The molecule has 20 heavy (non-hydrogen) atoms. The zero-order chi connectivity index (χ0) is 14.9. The van der Waals surface area contributed by atoms with Gasteiger partial charge in [-0.3, -0.25) is 0 Å². The second kappa shape index (κ2) is 6.41. The maximum atomic E-state index is 12.7. The molecule has 0 amide bonds. The van der Waals surface area contributed by atoms with Crippen LogP contribution in [-0.4, -0.2) is 57.4 Å². The standard InChI is InChI=1S/C12H20BrN3O2S2/c1-9-8-16(5-4-15(9)3)20(17,18)11-6-10(7-14-2)19-12(11)13/h6,9,14H,4-5,7-8H2,1-3H3. The molecular weight excluding hydrogens is 362 g/mol. The highest BCUT2D eigenvalue weighted by atomic mass is 79.9. The van der Waals surface area contributed by atoms with Gasteiger partial charge in [-0.25, -0.2) is 8.42 Å². The van der Waals surface area contributed by atoms with Gasteiger partial charge in [0, 0.05) is 37.1 Å². The molecule has 2 heterocycles. The van der Waals surface area contributed by atoms with Gasteiger partial charge < -0.3 is 10.2 Å². The van der Waals surface area contributed by atoms with Gasteiger partial charge in [-0.1, -0.05) is 0 Å². The largest absolute Gasteiger partial charge is 0.315 e. The summed E-state index contributed by atoms with van der Waals surface area (Å²) in [6.07, 6.45) is 0. The van der Waals surface area contributed by atoms with Gasteiger partial charge in [0.15, 0.2) is 0 Å². The third-order valence-corrected chi connectivity index (χ3v) is 7.71. The molecule has 0 saturated carbocycles. The molecule has 0 aliphatic carbocycles. The normalized spacial score (nSPS) is 22.3. The summed E-state index contributed by atoms with van der Waals surface area (Å²) in [6.45, 7) is 4.59. The van der Waals surface area contributed by atoms with Crippen LogP contribution in [0.1, 0.15) is 11.8 Å². The van der Waals surface area contributed by atoms with E-state index in [0.29, 0.717) is 28.3 Å². The minimum absolute atomic E-state index is 0.243. The average Bonchev–Trinajstić information content (AvgIpc) is 2.75. The van der Waals surface area contributed by atoms with Crippen molar-refractivity contribution >= 4 is 37.3 Å². The Hall–Kier alpha value is 0.01000. The van der Waals surface area contributed by atoms with E-state index in [0.717, 1.165) is 11.4 Å². The molecule has 1 atom stereocenters. The van der Waals surface area contributed by atoms with Gasteiger partial charge in [-0.05, 0) is 43.0 Å². The molecule has 1 fully saturated rings. The summed E-state index contributed by atoms with van der Waals surface area (Å²) in [5, 5.41) is 3.04. The van der Waals surface area contributed by atoms with E-state index in [1.165, 1.54) is 11.3 Å². The molecule has 0 spiro atoms.